The maximum atomic E-state index is 11.0. The minimum absolute atomic E-state index is 0.259. The summed E-state index contributed by atoms with van der Waals surface area (Å²) in [5.41, 5.74) is 8.82. The van der Waals surface area contributed by atoms with Crippen molar-refractivity contribution in [3.05, 3.63) is 40.5 Å². The average molecular weight is 359 g/mol. The third-order valence-electron chi connectivity index (χ3n) is 3.15. The van der Waals surface area contributed by atoms with E-state index >= 15 is 0 Å². The average Bonchev–Trinajstić information content (AvgIpc) is 3.23. The predicted molar refractivity (Wildman–Crippen MR) is 99.2 cm³/mol. The second kappa shape index (κ2) is 7.86. The van der Waals surface area contributed by atoms with Gasteiger partial charge in [0.15, 0.2) is 4.34 Å². The number of carbonyl (C=O) groups is 1. The Morgan fingerprint density at radius 2 is 2.21 bits per heavy atom. The first-order valence-corrected chi connectivity index (χ1v) is 8.98. The molecule has 6 nitrogen and oxygen atoms in total. The Balaban J connectivity index is 0.00000100. The van der Waals surface area contributed by atoms with Crippen LogP contribution in [-0.4, -0.2) is 15.9 Å². The van der Waals surface area contributed by atoms with Crippen LogP contribution in [0.2, 0.25) is 0 Å². The van der Waals surface area contributed by atoms with Gasteiger partial charge in [0, 0.05) is 28.9 Å². The van der Waals surface area contributed by atoms with Gasteiger partial charge < -0.3 is 15.4 Å². The molecule has 0 fully saturated rings. The number of nitrogens with zero attached hydrogens (tertiary/aromatic N) is 2. The zero-order chi connectivity index (χ0) is 17.7. The number of aromatic nitrogens is 2. The monoisotopic (exact) mass is 359 g/mol. The normalized spacial score (nSPS) is 9.92. The Morgan fingerprint density at radius 1 is 1.46 bits per heavy atom. The number of hydrogen-bond donors (Lipinski definition) is 3. The van der Waals surface area contributed by atoms with Gasteiger partial charge in [-0.3, -0.25) is 4.79 Å². The number of nitriles is 1. The van der Waals surface area contributed by atoms with Crippen LogP contribution in [0.1, 0.15) is 35.5 Å². The van der Waals surface area contributed by atoms with Crippen LogP contribution in [0, 0.1) is 18.3 Å². The van der Waals surface area contributed by atoms with Crippen LogP contribution in [0.3, 0.4) is 0 Å². The highest BCUT2D eigenvalue weighted by Gasteiger charge is 2.12. The minimum Gasteiger partial charge on any atom is -0.364 e. The number of benzene rings is 1. The minimum atomic E-state index is -0.538. The van der Waals surface area contributed by atoms with E-state index in [1.807, 2.05) is 32.9 Å². The first-order valence-electron chi connectivity index (χ1n) is 7.29. The Kier molecular flexibility index (Phi) is 5.84. The smallest absolute Gasteiger partial charge is 0.268 e. The SMILES string of the molecule is CC.Cc1ccc(NSc2nc(C(N)=O)cs2)c2[nH]cc(C#N)c12. The number of fused-ring (bicyclic) bond motifs is 1. The van der Waals surface area contributed by atoms with Gasteiger partial charge in [-0.25, -0.2) is 4.98 Å². The van der Waals surface area contributed by atoms with Crippen molar-refractivity contribution < 1.29 is 4.79 Å². The van der Waals surface area contributed by atoms with E-state index in [1.54, 1.807) is 11.6 Å². The molecule has 124 valence electrons. The van der Waals surface area contributed by atoms with Gasteiger partial charge in [0.05, 0.1) is 16.8 Å². The number of aromatic amines is 1. The Hall–Kier alpha value is -2.50. The molecule has 0 saturated heterocycles. The van der Waals surface area contributed by atoms with Crippen molar-refractivity contribution in [1.29, 1.82) is 5.26 Å². The van der Waals surface area contributed by atoms with E-state index in [0.29, 0.717) is 9.90 Å². The van der Waals surface area contributed by atoms with E-state index in [9.17, 15) is 4.79 Å². The molecule has 0 unspecified atom stereocenters. The highest BCUT2D eigenvalue weighted by Crippen LogP contribution is 2.32. The number of aryl methyl sites for hydroxylation is 1. The first-order chi connectivity index (χ1) is 11.6. The topological polar surface area (TPSA) is 108 Å². The Bertz CT molecular complexity index is 907. The van der Waals surface area contributed by atoms with Crippen molar-refractivity contribution in [3.63, 3.8) is 0 Å². The molecule has 2 heterocycles. The number of nitrogens with two attached hydrogens (primary N) is 1. The molecule has 8 heteroatoms. The molecule has 1 amide bonds. The van der Waals surface area contributed by atoms with Gasteiger partial charge in [-0.15, -0.1) is 11.3 Å². The molecule has 0 aliphatic rings. The van der Waals surface area contributed by atoms with Crippen molar-refractivity contribution in [2.24, 2.45) is 5.73 Å². The van der Waals surface area contributed by atoms with Gasteiger partial charge in [0.1, 0.15) is 11.8 Å². The van der Waals surface area contributed by atoms with Crippen LogP contribution < -0.4 is 10.5 Å². The largest absolute Gasteiger partial charge is 0.364 e. The summed E-state index contributed by atoms with van der Waals surface area (Å²) < 4.78 is 3.88. The van der Waals surface area contributed by atoms with Gasteiger partial charge in [0.2, 0.25) is 0 Å². The number of thiazole rings is 1. The number of hydrogen-bond acceptors (Lipinski definition) is 6. The fourth-order valence-electron chi connectivity index (χ4n) is 2.11. The van der Waals surface area contributed by atoms with Gasteiger partial charge >= 0.3 is 0 Å². The van der Waals surface area contributed by atoms with Gasteiger partial charge in [-0.2, -0.15) is 5.26 Å². The summed E-state index contributed by atoms with van der Waals surface area (Å²) in [7, 11) is 0. The second-order valence-corrected chi connectivity index (χ2v) is 6.47. The van der Waals surface area contributed by atoms with Crippen LogP contribution in [-0.2, 0) is 0 Å². The summed E-state index contributed by atoms with van der Waals surface area (Å²) >= 11 is 2.64. The third kappa shape index (κ3) is 3.53. The molecule has 0 atom stereocenters. The number of anilines is 1. The van der Waals surface area contributed by atoms with Crippen molar-refractivity contribution in [2.75, 3.05) is 4.72 Å². The van der Waals surface area contributed by atoms with E-state index in [-0.39, 0.29) is 5.69 Å². The summed E-state index contributed by atoms with van der Waals surface area (Å²) in [6, 6.07) is 6.07. The van der Waals surface area contributed by atoms with Gasteiger partial charge in [-0.1, -0.05) is 19.9 Å². The molecule has 4 N–H and O–H groups in total. The predicted octanol–water partition coefficient (Wildman–Crippen LogP) is 4.05. The fourth-order valence-corrected chi connectivity index (χ4v) is 3.62. The molecule has 24 heavy (non-hydrogen) atoms. The molecule has 0 spiro atoms. The van der Waals surface area contributed by atoms with E-state index in [2.05, 4.69) is 20.8 Å². The maximum Gasteiger partial charge on any atom is 0.268 e. The highest BCUT2D eigenvalue weighted by atomic mass is 32.2. The summed E-state index contributed by atoms with van der Waals surface area (Å²) in [6.07, 6.45) is 1.70. The number of H-pyrrole nitrogens is 1. The summed E-state index contributed by atoms with van der Waals surface area (Å²) in [5.74, 6) is -0.538. The number of rotatable bonds is 4. The van der Waals surface area contributed by atoms with Crippen molar-refractivity contribution in [2.45, 2.75) is 25.1 Å². The van der Waals surface area contributed by atoms with Crippen LogP contribution >= 0.6 is 23.3 Å². The lowest BCUT2D eigenvalue weighted by Crippen LogP contribution is -2.10. The lowest BCUT2D eigenvalue weighted by Gasteiger charge is -2.06. The molecule has 3 aromatic rings. The lowest BCUT2D eigenvalue weighted by atomic mass is 10.1. The van der Waals surface area contributed by atoms with E-state index in [0.717, 1.165) is 22.2 Å². The van der Waals surface area contributed by atoms with E-state index < -0.39 is 5.91 Å². The Morgan fingerprint density at radius 3 is 2.83 bits per heavy atom. The molecule has 3 rings (SSSR count). The molecule has 0 bridgehead atoms. The fraction of sp³-hybridized carbons (Fsp3) is 0.188. The van der Waals surface area contributed by atoms with Crippen LogP contribution in [0.5, 0.6) is 0 Å². The zero-order valence-corrected chi connectivity index (χ0v) is 15.1. The standard InChI is InChI=1S/C14H11N5OS2.C2H6/c1-7-2-3-9(12-11(7)8(4-15)5-17-12)19-22-14-18-10(6-21-14)13(16)20;1-2/h2-3,5-6,17,19H,1H3,(H2,16,20);1-2H3. The van der Waals surface area contributed by atoms with Crippen molar-refractivity contribution in [1.82, 2.24) is 9.97 Å². The molecule has 0 radical (unpaired) electrons. The molecular formula is C16H17N5OS2. The highest BCUT2D eigenvalue weighted by molar-refractivity contribution is 8.02. The van der Waals surface area contributed by atoms with Crippen molar-refractivity contribution >= 4 is 45.8 Å². The summed E-state index contributed by atoms with van der Waals surface area (Å²) in [6.45, 7) is 5.97. The molecule has 0 aliphatic heterocycles. The van der Waals surface area contributed by atoms with E-state index in [1.165, 1.54) is 23.3 Å². The first kappa shape index (κ1) is 17.8. The molecule has 1 aromatic carbocycles. The maximum absolute atomic E-state index is 11.0. The summed E-state index contributed by atoms with van der Waals surface area (Å²) in [4.78, 5) is 18.3. The van der Waals surface area contributed by atoms with Crippen LogP contribution in [0.4, 0.5) is 5.69 Å². The molecule has 2 aromatic heterocycles. The lowest BCUT2D eigenvalue weighted by molar-refractivity contribution is 0.0996. The van der Waals surface area contributed by atoms with Gasteiger partial charge in [0.25, 0.3) is 5.91 Å². The number of primary amides is 1. The molecule has 0 aliphatic carbocycles. The van der Waals surface area contributed by atoms with Crippen molar-refractivity contribution in [3.8, 4) is 6.07 Å². The zero-order valence-electron chi connectivity index (χ0n) is 13.5. The number of amides is 1. The quantitative estimate of drug-likeness (QED) is 0.609. The number of carbonyl (C=O) groups excluding carboxylic acids is 1. The second-order valence-electron chi connectivity index (χ2n) is 4.56. The van der Waals surface area contributed by atoms with E-state index in [4.69, 9.17) is 11.0 Å². The van der Waals surface area contributed by atoms with Gasteiger partial charge in [-0.05, 0) is 18.6 Å². The van der Waals surface area contributed by atoms with Crippen LogP contribution in [0.15, 0.2) is 28.0 Å². The molecule has 0 saturated carbocycles. The summed E-state index contributed by atoms with van der Waals surface area (Å²) in [5, 5.41) is 11.7. The number of nitrogens with one attached hydrogen (secondary N) is 2. The molecular weight excluding hydrogens is 342 g/mol. The van der Waals surface area contributed by atoms with Crippen LogP contribution in [0.25, 0.3) is 10.9 Å². The Labute approximate surface area is 148 Å². The third-order valence-corrected chi connectivity index (χ3v) is 4.91.